The Morgan fingerprint density at radius 1 is 1.39 bits per heavy atom. The zero-order valence-electron chi connectivity index (χ0n) is 11.3. The van der Waals surface area contributed by atoms with Gasteiger partial charge in [0.1, 0.15) is 5.82 Å². The van der Waals surface area contributed by atoms with Gasteiger partial charge in [-0.05, 0) is 30.0 Å². The Labute approximate surface area is 108 Å². The van der Waals surface area contributed by atoms with Gasteiger partial charge in [-0.15, -0.1) is 0 Å². The van der Waals surface area contributed by atoms with Gasteiger partial charge in [-0.1, -0.05) is 19.9 Å². The molecule has 0 bridgehead atoms. The van der Waals surface area contributed by atoms with Crippen LogP contribution in [-0.2, 0) is 19.9 Å². The fourth-order valence-corrected chi connectivity index (χ4v) is 2.20. The highest BCUT2D eigenvalue weighted by Gasteiger charge is 2.09. The Hall–Kier alpha value is -1.82. The lowest BCUT2D eigenvalue weighted by Gasteiger charge is -2.04. The standard InChI is InChI=1S/C15H19N3/c1-11(2)9-15-17-13-10-12(5-4-8-16)6-7-14(13)18(15)3/h6-7,10-11H,4-5,9H2,1-3H3. The van der Waals surface area contributed by atoms with Gasteiger partial charge < -0.3 is 4.57 Å². The van der Waals surface area contributed by atoms with Crippen LogP contribution in [0.15, 0.2) is 18.2 Å². The van der Waals surface area contributed by atoms with Gasteiger partial charge in [0, 0.05) is 19.9 Å². The molecular weight excluding hydrogens is 222 g/mol. The van der Waals surface area contributed by atoms with Crippen molar-refractivity contribution in [2.45, 2.75) is 33.1 Å². The molecule has 1 aromatic carbocycles. The van der Waals surface area contributed by atoms with Gasteiger partial charge >= 0.3 is 0 Å². The van der Waals surface area contributed by atoms with Gasteiger partial charge in [0.05, 0.1) is 17.1 Å². The highest BCUT2D eigenvalue weighted by molar-refractivity contribution is 5.76. The average Bonchev–Trinajstić information content (AvgIpc) is 2.63. The van der Waals surface area contributed by atoms with Crippen LogP contribution in [0.1, 0.15) is 31.7 Å². The summed E-state index contributed by atoms with van der Waals surface area (Å²) in [5.74, 6) is 1.75. The van der Waals surface area contributed by atoms with Crippen LogP contribution >= 0.6 is 0 Å². The molecule has 3 heteroatoms. The van der Waals surface area contributed by atoms with Gasteiger partial charge in [0.15, 0.2) is 0 Å². The number of aromatic nitrogens is 2. The van der Waals surface area contributed by atoms with Crippen LogP contribution in [0.5, 0.6) is 0 Å². The lowest BCUT2D eigenvalue weighted by molar-refractivity contribution is 0.606. The summed E-state index contributed by atoms with van der Waals surface area (Å²) < 4.78 is 2.17. The molecule has 1 aromatic heterocycles. The number of fused-ring (bicyclic) bond motifs is 1. The largest absolute Gasteiger partial charge is 0.331 e. The zero-order valence-corrected chi connectivity index (χ0v) is 11.3. The molecule has 2 aromatic rings. The van der Waals surface area contributed by atoms with E-state index in [-0.39, 0.29) is 0 Å². The number of nitrogens with zero attached hydrogens (tertiary/aromatic N) is 3. The summed E-state index contributed by atoms with van der Waals surface area (Å²) in [5, 5.41) is 8.62. The number of nitriles is 1. The van der Waals surface area contributed by atoms with Crippen molar-refractivity contribution in [1.29, 1.82) is 5.26 Å². The maximum absolute atomic E-state index is 8.62. The van der Waals surface area contributed by atoms with Gasteiger partial charge in [0.25, 0.3) is 0 Å². The SMILES string of the molecule is CC(C)Cc1nc2cc(CCC#N)ccc2n1C. The molecule has 0 atom stereocenters. The van der Waals surface area contributed by atoms with E-state index in [9.17, 15) is 0 Å². The lowest BCUT2D eigenvalue weighted by atomic mass is 10.1. The summed E-state index contributed by atoms with van der Waals surface area (Å²) in [7, 11) is 2.07. The number of imidazole rings is 1. The third-order valence-electron chi connectivity index (χ3n) is 3.15. The average molecular weight is 241 g/mol. The molecule has 3 nitrogen and oxygen atoms in total. The molecule has 0 saturated carbocycles. The van der Waals surface area contributed by atoms with Gasteiger partial charge in [-0.2, -0.15) is 5.26 Å². The van der Waals surface area contributed by atoms with E-state index in [0.29, 0.717) is 12.3 Å². The molecule has 0 radical (unpaired) electrons. The maximum Gasteiger partial charge on any atom is 0.109 e. The van der Waals surface area contributed by atoms with E-state index in [4.69, 9.17) is 10.2 Å². The second-order valence-electron chi connectivity index (χ2n) is 5.17. The van der Waals surface area contributed by atoms with E-state index >= 15 is 0 Å². The van der Waals surface area contributed by atoms with Crippen LogP contribution in [0, 0.1) is 17.2 Å². The molecule has 0 fully saturated rings. The minimum atomic E-state index is 0.567. The van der Waals surface area contributed by atoms with Crippen molar-refractivity contribution in [2.24, 2.45) is 13.0 Å². The summed E-state index contributed by atoms with van der Waals surface area (Å²) in [6.07, 6.45) is 2.37. The third kappa shape index (κ3) is 2.53. The van der Waals surface area contributed by atoms with Gasteiger partial charge in [0.2, 0.25) is 0 Å². The number of hydrogen-bond acceptors (Lipinski definition) is 2. The number of hydrogen-bond donors (Lipinski definition) is 0. The minimum absolute atomic E-state index is 0.567. The van der Waals surface area contributed by atoms with E-state index in [1.165, 1.54) is 11.1 Å². The molecule has 18 heavy (non-hydrogen) atoms. The van der Waals surface area contributed by atoms with E-state index in [1.54, 1.807) is 0 Å². The second kappa shape index (κ2) is 5.22. The molecular formula is C15H19N3. The molecule has 0 saturated heterocycles. The normalized spacial score (nSPS) is 11.1. The van der Waals surface area contributed by atoms with Crippen LogP contribution in [0.25, 0.3) is 11.0 Å². The smallest absolute Gasteiger partial charge is 0.109 e. The number of benzene rings is 1. The summed E-state index contributed by atoms with van der Waals surface area (Å²) >= 11 is 0. The molecule has 0 N–H and O–H groups in total. The highest BCUT2D eigenvalue weighted by Crippen LogP contribution is 2.19. The monoisotopic (exact) mass is 241 g/mol. The molecule has 0 amide bonds. The lowest BCUT2D eigenvalue weighted by Crippen LogP contribution is -2.02. The quantitative estimate of drug-likeness (QED) is 0.824. The Kier molecular flexibility index (Phi) is 3.66. The first kappa shape index (κ1) is 12.6. The van der Waals surface area contributed by atoms with Crippen LogP contribution in [0.2, 0.25) is 0 Å². The predicted molar refractivity (Wildman–Crippen MR) is 73.2 cm³/mol. The van der Waals surface area contributed by atoms with Gasteiger partial charge in [-0.25, -0.2) is 4.98 Å². The first-order valence-electron chi connectivity index (χ1n) is 6.43. The molecule has 0 spiro atoms. The topological polar surface area (TPSA) is 41.6 Å². The van der Waals surface area contributed by atoms with Crippen molar-refractivity contribution < 1.29 is 0 Å². The molecule has 1 heterocycles. The Morgan fingerprint density at radius 3 is 2.83 bits per heavy atom. The van der Waals surface area contributed by atoms with Crippen LogP contribution < -0.4 is 0 Å². The zero-order chi connectivity index (χ0) is 13.1. The van der Waals surface area contributed by atoms with Crippen molar-refractivity contribution in [3.63, 3.8) is 0 Å². The van der Waals surface area contributed by atoms with Crippen molar-refractivity contribution in [1.82, 2.24) is 9.55 Å². The Morgan fingerprint density at radius 2 is 2.17 bits per heavy atom. The predicted octanol–water partition coefficient (Wildman–Crippen LogP) is 3.23. The second-order valence-corrected chi connectivity index (χ2v) is 5.17. The molecule has 0 aliphatic rings. The highest BCUT2D eigenvalue weighted by atomic mass is 15.1. The maximum atomic E-state index is 8.62. The van der Waals surface area contributed by atoms with E-state index in [2.05, 4.69) is 49.7 Å². The van der Waals surface area contributed by atoms with E-state index in [1.807, 2.05) is 0 Å². The van der Waals surface area contributed by atoms with Gasteiger partial charge in [-0.3, -0.25) is 0 Å². The summed E-state index contributed by atoms with van der Waals surface area (Å²) in [4.78, 5) is 4.70. The van der Waals surface area contributed by atoms with Crippen molar-refractivity contribution in [3.05, 3.63) is 29.6 Å². The van der Waals surface area contributed by atoms with Crippen LogP contribution in [0.4, 0.5) is 0 Å². The van der Waals surface area contributed by atoms with Crippen LogP contribution in [-0.4, -0.2) is 9.55 Å². The minimum Gasteiger partial charge on any atom is -0.331 e. The molecule has 0 aliphatic heterocycles. The molecule has 2 rings (SSSR count). The summed E-state index contributed by atoms with van der Waals surface area (Å²) in [6, 6.07) is 8.50. The first-order valence-corrected chi connectivity index (χ1v) is 6.43. The third-order valence-corrected chi connectivity index (χ3v) is 3.15. The first-order chi connectivity index (χ1) is 8.61. The van der Waals surface area contributed by atoms with Crippen molar-refractivity contribution in [3.8, 4) is 6.07 Å². The van der Waals surface area contributed by atoms with Crippen molar-refractivity contribution >= 4 is 11.0 Å². The van der Waals surface area contributed by atoms with Crippen molar-refractivity contribution in [2.75, 3.05) is 0 Å². The van der Waals surface area contributed by atoms with Crippen LogP contribution in [0.3, 0.4) is 0 Å². The summed E-state index contributed by atoms with van der Waals surface area (Å²) in [5.41, 5.74) is 3.41. The summed E-state index contributed by atoms with van der Waals surface area (Å²) in [6.45, 7) is 4.41. The fourth-order valence-electron chi connectivity index (χ4n) is 2.20. The Bertz CT molecular complexity index is 588. The molecule has 0 unspecified atom stereocenters. The van der Waals surface area contributed by atoms with E-state index in [0.717, 1.165) is 24.2 Å². The van der Waals surface area contributed by atoms with E-state index < -0.39 is 0 Å². The fraction of sp³-hybridized carbons (Fsp3) is 0.467. The molecule has 94 valence electrons. The molecule has 0 aliphatic carbocycles. The number of rotatable bonds is 4. The number of aryl methyl sites for hydroxylation is 2. The Balaban J connectivity index is 2.36.